The molecule has 3 heteroatoms. The third-order valence-electron chi connectivity index (χ3n) is 1.93. The van der Waals surface area contributed by atoms with Crippen molar-refractivity contribution in [3.8, 4) is 0 Å². The molecule has 0 radical (unpaired) electrons. The van der Waals surface area contributed by atoms with E-state index in [4.69, 9.17) is 0 Å². The van der Waals surface area contributed by atoms with Crippen LogP contribution >= 0.6 is 8.38 Å². The molecule has 0 spiro atoms. The van der Waals surface area contributed by atoms with Gasteiger partial charge in [-0.15, -0.1) is 0 Å². The minimum atomic E-state index is -1.98. The van der Waals surface area contributed by atoms with Crippen LogP contribution in [0, 0.1) is 0 Å². The zero-order chi connectivity index (χ0) is 10.1. The molecule has 72 valence electrons. The Morgan fingerprint density at radius 2 is 1.62 bits per heavy atom. The summed E-state index contributed by atoms with van der Waals surface area (Å²) in [5.41, 5.74) is 0.967. The Hall–Kier alpha value is -0.430. The SMILES string of the molecule is CC(C)(C)c1ccccc1P(O)O. The Bertz CT molecular complexity index is 289. The summed E-state index contributed by atoms with van der Waals surface area (Å²) in [5.74, 6) is 0. The van der Waals surface area contributed by atoms with E-state index in [-0.39, 0.29) is 5.41 Å². The molecule has 0 heterocycles. The summed E-state index contributed by atoms with van der Waals surface area (Å²) < 4.78 is 0. The summed E-state index contributed by atoms with van der Waals surface area (Å²) >= 11 is 0. The van der Waals surface area contributed by atoms with Crippen molar-refractivity contribution in [2.24, 2.45) is 0 Å². The Labute approximate surface area is 80.2 Å². The number of hydrogen-bond acceptors (Lipinski definition) is 2. The minimum Gasteiger partial charge on any atom is -0.347 e. The number of hydrogen-bond donors (Lipinski definition) is 2. The molecule has 0 aliphatic heterocycles. The molecule has 2 N–H and O–H groups in total. The zero-order valence-electron chi connectivity index (χ0n) is 8.15. The molecule has 1 aromatic rings. The van der Waals surface area contributed by atoms with Crippen LogP contribution in [0.5, 0.6) is 0 Å². The topological polar surface area (TPSA) is 40.5 Å². The first kappa shape index (κ1) is 10.6. The van der Waals surface area contributed by atoms with E-state index in [1.165, 1.54) is 0 Å². The maximum Gasteiger partial charge on any atom is 0.199 e. The van der Waals surface area contributed by atoms with Crippen LogP contribution in [0.2, 0.25) is 0 Å². The molecular weight excluding hydrogens is 183 g/mol. The van der Waals surface area contributed by atoms with Crippen molar-refractivity contribution in [1.29, 1.82) is 0 Å². The lowest BCUT2D eigenvalue weighted by Gasteiger charge is -2.22. The van der Waals surface area contributed by atoms with Gasteiger partial charge in [-0.3, -0.25) is 0 Å². The van der Waals surface area contributed by atoms with Gasteiger partial charge in [-0.25, -0.2) is 0 Å². The van der Waals surface area contributed by atoms with Crippen molar-refractivity contribution in [2.45, 2.75) is 26.2 Å². The molecule has 0 aliphatic rings. The highest BCUT2D eigenvalue weighted by Crippen LogP contribution is 2.30. The van der Waals surface area contributed by atoms with Gasteiger partial charge in [-0.05, 0) is 17.0 Å². The van der Waals surface area contributed by atoms with Gasteiger partial charge >= 0.3 is 0 Å². The molecule has 2 nitrogen and oxygen atoms in total. The predicted octanol–water partition coefficient (Wildman–Crippen LogP) is 1.91. The first-order valence-corrected chi connectivity index (χ1v) is 5.45. The first-order valence-electron chi connectivity index (χ1n) is 4.20. The highest BCUT2D eigenvalue weighted by Gasteiger charge is 2.20. The van der Waals surface area contributed by atoms with Crippen LogP contribution in [0.3, 0.4) is 0 Å². The van der Waals surface area contributed by atoms with Crippen molar-refractivity contribution in [2.75, 3.05) is 0 Å². The smallest absolute Gasteiger partial charge is 0.199 e. The van der Waals surface area contributed by atoms with Crippen LogP contribution in [0.25, 0.3) is 0 Å². The van der Waals surface area contributed by atoms with Gasteiger partial charge in [-0.2, -0.15) is 0 Å². The largest absolute Gasteiger partial charge is 0.347 e. The monoisotopic (exact) mass is 198 g/mol. The van der Waals surface area contributed by atoms with E-state index in [1.807, 2.05) is 18.2 Å². The van der Waals surface area contributed by atoms with Crippen LogP contribution in [-0.4, -0.2) is 9.79 Å². The molecule has 1 rings (SSSR count). The Balaban J connectivity index is 3.20. The molecular formula is C10H15O2P. The van der Waals surface area contributed by atoms with Crippen molar-refractivity contribution < 1.29 is 9.79 Å². The van der Waals surface area contributed by atoms with E-state index in [0.29, 0.717) is 5.30 Å². The fourth-order valence-corrected chi connectivity index (χ4v) is 2.13. The van der Waals surface area contributed by atoms with Crippen LogP contribution in [0.4, 0.5) is 0 Å². The maximum atomic E-state index is 9.19. The third kappa shape index (κ3) is 2.50. The number of benzene rings is 1. The van der Waals surface area contributed by atoms with Gasteiger partial charge < -0.3 is 9.79 Å². The minimum absolute atomic E-state index is 0.0391. The molecule has 0 bridgehead atoms. The standard InChI is InChI=1S/C10H15O2P/c1-10(2,3)8-6-4-5-7-9(8)13(11)12/h4-7,11-12H,1-3H3. The summed E-state index contributed by atoms with van der Waals surface area (Å²) in [6.45, 7) is 6.18. The average Bonchev–Trinajstić information content (AvgIpc) is 2.03. The second kappa shape index (κ2) is 3.75. The van der Waals surface area contributed by atoms with Crippen molar-refractivity contribution in [3.63, 3.8) is 0 Å². The molecule has 1 aromatic carbocycles. The molecule has 0 aromatic heterocycles. The molecule has 13 heavy (non-hydrogen) atoms. The summed E-state index contributed by atoms with van der Waals surface area (Å²) in [6.07, 6.45) is 0. The lowest BCUT2D eigenvalue weighted by atomic mass is 9.87. The third-order valence-corrected chi connectivity index (χ3v) is 2.75. The van der Waals surface area contributed by atoms with Crippen molar-refractivity contribution in [3.05, 3.63) is 29.8 Å². The van der Waals surface area contributed by atoms with E-state index in [1.54, 1.807) is 6.07 Å². The highest BCUT2D eigenvalue weighted by molar-refractivity contribution is 7.54. The Kier molecular flexibility index (Phi) is 3.07. The van der Waals surface area contributed by atoms with Crippen molar-refractivity contribution in [1.82, 2.24) is 0 Å². The summed E-state index contributed by atoms with van der Waals surface area (Å²) in [7, 11) is -1.98. The van der Waals surface area contributed by atoms with Gasteiger partial charge in [0.15, 0.2) is 8.38 Å². The van der Waals surface area contributed by atoms with Gasteiger partial charge in [0.2, 0.25) is 0 Å². The van der Waals surface area contributed by atoms with Crippen LogP contribution in [0.1, 0.15) is 26.3 Å². The Morgan fingerprint density at radius 3 is 2.00 bits per heavy atom. The lowest BCUT2D eigenvalue weighted by molar-refractivity contribution is 0.494. The van der Waals surface area contributed by atoms with Gasteiger partial charge in [-0.1, -0.05) is 39.0 Å². The van der Waals surface area contributed by atoms with E-state index in [0.717, 1.165) is 5.56 Å². The van der Waals surface area contributed by atoms with E-state index < -0.39 is 8.38 Å². The van der Waals surface area contributed by atoms with Gasteiger partial charge in [0.05, 0.1) is 0 Å². The zero-order valence-corrected chi connectivity index (χ0v) is 9.05. The molecule has 0 saturated heterocycles. The summed E-state index contributed by atoms with van der Waals surface area (Å²) in [4.78, 5) is 18.4. The maximum absolute atomic E-state index is 9.19. The van der Waals surface area contributed by atoms with Crippen LogP contribution < -0.4 is 5.30 Å². The second-order valence-corrected chi connectivity index (χ2v) is 5.12. The molecule has 0 aliphatic carbocycles. The van der Waals surface area contributed by atoms with E-state index in [9.17, 15) is 9.79 Å². The number of rotatable bonds is 1. The fourth-order valence-electron chi connectivity index (χ4n) is 1.28. The average molecular weight is 198 g/mol. The summed E-state index contributed by atoms with van der Waals surface area (Å²) in [5, 5.41) is 0.657. The lowest BCUT2D eigenvalue weighted by Crippen LogP contribution is -2.21. The van der Waals surface area contributed by atoms with Crippen LogP contribution in [0.15, 0.2) is 24.3 Å². The van der Waals surface area contributed by atoms with Gasteiger partial charge in [0, 0.05) is 5.30 Å². The van der Waals surface area contributed by atoms with E-state index >= 15 is 0 Å². The first-order chi connectivity index (χ1) is 5.93. The second-order valence-electron chi connectivity index (χ2n) is 4.06. The fraction of sp³-hybridized carbons (Fsp3) is 0.400. The highest BCUT2D eigenvalue weighted by atomic mass is 31.2. The molecule has 0 unspecified atom stereocenters. The predicted molar refractivity (Wildman–Crippen MR) is 56.1 cm³/mol. The normalized spacial score (nSPS) is 12.2. The van der Waals surface area contributed by atoms with Crippen LogP contribution in [-0.2, 0) is 5.41 Å². The van der Waals surface area contributed by atoms with Crippen molar-refractivity contribution >= 4 is 13.7 Å². The molecule has 0 amide bonds. The Morgan fingerprint density at radius 1 is 1.08 bits per heavy atom. The molecule has 0 atom stereocenters. The van der Waals surface area contributed by atoms with Gasteiger partial charge in [0.1, 0.15) is 0 Å². The molecule has 0 saturated carbocycles. The summed E-state index contributed by atoms with van der Waals surface area (Å²) in [6, 6.07) is 7.46. The molecule has 0 fully saturated rings. The quantitative estimate of drug-likeness (QED) is 0.676. The van der Waals surface area contributed by atoms with Gasteiger partial charge in [0.25, 0.3) is 0 Å². The van der Waals surface area contributed by atoms with E-state index in [2.05, 4.69) is 20.8 Å².